The molecule has 2 heterocycles. The van der Waals surface area contributed by atoms with Gasteiger partial charge in [0.1, 0.15) is 5.82 Å². The molecule has 1 amide bonds. The number of carbonyl (C=O) groups excluding carboxylic acids is 1. The molecule has 0 fully saturated rings. The van der Waals surface area contributed by atoms with E-state index in [9.17, 15) is 4.79 Å². The van der Waals surface area contributed by atoms with Crippen LogP contribution >= 0.6 is 34.8 Å². The maximum absolute atomic E-state index is 12.7. The molecule has 0 aliphatic heterocycles. The first kappa shape index (κ1) is 22.4. The molecule has 2 aromatic heterocycles. The lowest BCUT2D eigenvalue weighted by Crippen LogP contribution is -2.12. The predicted octanol–water partition coefficient (Wildman–Crippen LogP) is 5.74. The number of carbonyl (C=O) groups is 1. The van der Waals surface area contributed by atoms with Crippen LogP contribution in [0.15, 0.2) is 54.7 Å². The number of benzene rings is 2. The molecule has 2 aromatic carbocycles. The summed E-state index contributed by atoms with van der Waals surface area (Å²) in [6.45, 7) is 1.16. The molecule has 10 heteroatoms. The van der Waals surface area contributed by atoms with E-state index in [1.807, 2.05) is 10.6 Å². The highest BCUT2D eigenvalue weighted by molar-refractivity contribution is 6.39. The highest BCUT2D eigenvalue weighted by atomic mass is 35.5. The summed E-state index contributed by atoms with van der Waals surface area (Å²) in [4.78, 5) is 21.5. The molecule has 164 valence electrons. The van der Waals surface area contributed by atoms with Gasteiger partial charge in [0.15, 0.2) is 0 Å². The van der Waals surface area contributed by atoms with E-state index in [0.29, 0.717) is 56.7 Å². The van der Waals surface area contributed by atoms with Crippen molar-refractivity contribution in [2.75, 3.05) is 17.2 Å². The van der Waals surface area contributed by atoms with Gasteiger partial charge in [0.2, 0.25) is 5.95 Å². The number of amides is 1. The number of aryl methyl sites for hydroxylation is 1. The number of pyridine rings is 1. The first-order valence-corrected chi connectivity index (χ1v) is 10.9. The highest BCUT2D eigenvalue weighted by Crippen LogP contribution is 2.33. The van der Waals surface area contributed by atoms with Crippen molar-refractivity contribution in [3.05, 3.63) is 75.4 Å². The Balaban J connectivity index is 1.69. The summed E-state index contributed by atoms with van der Waals surface area (Å²) >= 11 is 18.6. The molecule has 32 heavy (non-hydrogen) atoms. The SMILES string of the molecule is NCCCn1c(Nc2c(Cl)cccc2Cl)nc2cc(C(=O)Nc3cc(Cl)ccn3)ccc21. The number of halogens is 3. The van der Waals surface area contributed by atoms with E-state index in [4.69, 9.17) is 40.5 Å². The van der Waals surface area contributed by atoms with Crippen LogP contribution in [0.5, 0.6) is 0 Å². The molecule has 4 N–H and O–H groups in total. The second-order valence-corrected chi connectivity index (χ2v) is 8.22. The number of imidazole rings is 1. The number of hydrogen-bond donors (Lipinski definition) is 3. The number of para-hydroxylation sites is 1. The lowest BCUT2D eigenvalue weighted by molar-refractivity contribution is 0.102. The van der Waals surface area contributed by atoms with Crippen LogP contribution in [0.3, 0.4) is 0 Å². The van der Waals surface area contributed by atoms with Gasteiger partial charge in [-0.2, -0.15) is 0 Å². The summed E-state index contributed by atoms with van der Waals surface area (Å²) in [6.07, 6.45) is 2.27. The number of fused-ring (bicyclic) bond motifs is 1. The second kappa shape index (κ2) is 9.75. The third kappa shape index (κ3) is 4.81. The van der Waals surface area contributed by atoms with E-state index in [2.05, 4.69) is 20.6 Å². The molecule has 0 spiro atoms. The molecular formula is C22H19Cl3N6O. The monoisotopic (exact) mass is 488 g/mol. The first-order valence-electron chi connectivity index (χ1n) is 9.80. The first-order chi connectivity index (χ1) is 15.5. The summed E-state index contributed by atoms with van der Waals surface area (Å²) in [5.41, 5.74) is 8.21. The summed E-state index contributed by atoms with van der Waals surface area (Å²) in [7, 11) is 0. The van der Waals surface area contributed by atoms with Crippen LogP contribution in [0.25, 0.3) is 11.0 Å². The van der Waals surface area contributed by atoms with Crippen LogP contribution in [0.1, 0.15) is 16.8 Å². The van der Waals surface area contributed by atoms with Gasteiger partial charge < -0.3 is 20.9 Å². The molecule has 0 aliphatic rings. The summed E-state index contributed by atoms with van der Waals surface area (Å²) < 4.78 is 1.99. The van der Waals surface area contributed by atoms with Gasteiger partial charge in [0.05, 0.1) is 26.8 Å². The van der Waals surface area contributed by atoms with E-state index >= 15 is 0 Å². The Kier molecular flexibility index (Phi) is 6.81. The number of nitrogens with zero attached hydrogens (tertiary/aromatic N) is 3. The van der Waals surface area contributed by atoms with Crippen molar-refractivity contribution < 1.29 is 4.79 Å². The Morgan fingerprint density at radius 1 is 1.06 bits per heavy atom. The minimum absolute atomic E-state index is 0.318. The third-order valence-electron chi connectivity index (χ3n) is 4.76. The Hall–Kier alpha value is -2.84. The van der Waals surface area contributed by atoms with Crippen LogP contribution in [0.2, 0.25) is 15.1 Å². The molecule has 0 saturated heterocycles. The Labute approximate surface area is 199 Å². The van der Waals surface area contributed by atoms with E-state index in [1.165, 1.54) is 6.20 Å². The minimum atomic E-state index is -0.318. The lowest BCUT2D eigenvalue weighted by Gasteiger charge is -2.12. The van der Waals surface area contributed by atoms with Crippen LogP contribution in [0, 0.1) is 0 Å². The highest BCUT2D eigenvalue weighted by Gasteiger charge is 2.16. The van der Waals surface area contributed by atoms with Gasteiger partial charge in [-0.1, -0.05) is 40.9 Å². The molecule has 4 aromatic rings. The van der Waals surface area contributed by atoms with Gasteiger partial charge in [-0.05, 0) is 55.4 Å². The molecule has 7 nitrogen and oxygen atoms in total. The van der Waals surface area contributed by atoms with E-state index in [1.54, 1.807) is 42.5 Å². The quantitative estimate of drug-likeness (QED) is 0.308. The van der Waals surface area contributed by atoms with Crippen molar-refractivity contribution >= 4 is 69.2 Å². The standard InChI is InChI=1S/C22H19Cl3N6O/c23-14-7-9-27-19(12-14)29-21(32)13-5-6-18-17(11-13)28-22(31(18)10-2-8-26)30-20-15(24)3-1-4-16(20)25/h1,3-7,9,11-12H,2,8,10,26H2,(H,28,30)(H,27,29,32). The molecule has 0 atom stereocenters. The molecule has 0 aliphatic carbocycles. The van der Waals surface area contributed by atoms with E-state index in [-0.39, 0.29) is 5.91 Å². The average Bonchev–Trinajstić information content (AvgIpc) is 3.11. The Bertz CT molecular complexity index is 1270. The fourth-order valence-corrected chi connectivity index (χ4v) is 3.88. The second-order valence-electron chi connectivity index (χ2n) is 6.97. The minimum Gasteiger partial charge on any atom is -0.330 e. The zero-order valence-corrected chi connectivity index (χ0v) is 19.0. The number of rotatable bonds is 7. The van der Waals surface area contributed by atoms with E-state index < -0.39 is 0 Å². The number of hydrogen-bond acceptors (Lipinski definition) is 5. The van der Waals surface area contributed by atoms with Crippen molar-refractivity contribution in [1.29, 1.82) is 0 Å². The van der Waals surface area contributed by atoms with Gasteiger partial charge in [-0.3, -0.25) is 4.79 Å². The average molecular weight is 490 g/mol. The van der Waals surface area contributed by atoms with Crippen molar-refractivity contribution in [2.24, 2.45) is 5.73 Å². The summed E-state index contributed by atoms with van der Waals surface area (Å²) in [5, 5.41) is 7.40. The van der Waals surface area contributed by atoms with Crippen LogP contribution < -0.4 is 16.4 Å². The van der Waals surface area contributed by atoms with Crippen LogP contribution in [-0.2, 0) is 6.54 Å². The molecule has 0 saturated carbocycles. The lowest BCUT2D eigenvalue weighted by atomic mass is 10.2. The van der Waals surface area contributed by atoms with Crippen molar-refractivity contribution in [3.8, 4) is 0 Å². The van der Waals surface area contributed by atoms with Crippen LogP contribution in [0.4, 0.5) is 17.5 Å². The summed E-state index contributed by atoms with van der Waals surface area (Å²) in [5.74, 6) is 0.603. The maximum Gasteiger partial charge on any atom is 0.256 e. The van der Waals surface area contributed by atoms with Gasteiger partial charge in [0.25, 0.3) is 5.91 Å². The van der Waals surface area contributed by atoms with Crippen molar-refractivity contribution in [3.63, 3.8) is 0 Å². The fourth-order valence-electron chi connectivity index (χ4n) is 3.23. The smallest absolute Gasteiger partial charge is 0.256 e. The zero-order valence-electron chi connectivity index (χ0n) is 16.8. The van der Waals surface area contributed by atoms with Crippen molar-refractivity contribution in [1.82, 2.24) is 14.5 Å². The molecule has 0 unspecified atom stereocenters. The number of nitrogens with two attached hydrogens (primary N) is 1. The van der Waals surface area contributed by atoms with Crippen molar-refractivity contribution in [2.45, 2.75) is 13.0 Å². The molecular weight excluding hydrogens is 471 g/mol. The largest absolute Gasteiger partial charge is 0.330 e. The Morgan fingerprint density at radius 3 is 2.56 bits per heavy atom. The molecule has 0 bridgehead atoms. The predicted molar refractivity (Wildman–Crippen MR) is 130 cm³/mol. The van der Waals surface area contributed by atoms with Gasteiger partial charge in [-0.25, -0.2) is 9.97 Å². The Morgan fingerprint density at radius 2 is 1.84 bits per heavy atom. The van der Waals surface area contributed by atoms with Gasteiger partial charge in [0, 0.05) is 23.3 Å². The zero-order chi connectivity index (χ0) is 22.7. The number of anilines is 3. The van der Waals surface area contributed by atoms with E-state index in [0.717, 1.165) is 11.9 Å². The fraction of sp³-hybridized carbons (Fsp3) is 0.136. The summed E-state index contributed by atoms with van der Waals surface area (Å²) in [6, 6.07) is 13.8. The topological polar surface area (TPSA) is 97.9 Å². The van der Waals surface area contributed by atoms with Gasteiger partial charge in [-0.15, -0.1) is 0 Å². The normalized spacial score (nSPS) is 11.0. The molecule has 0 radical (unpaired) electrons. The van der Waals surface area contributed by atoms with Crippen LogP contribution in [-0.4, -0.2) is 27.0 Å². The maximum atomic E-state index is 12.7. The number of aromatic nitrogens is 3. The van der Waals surface area contributed by atoms with Gasteiger partial charge >= 0.3 is 0 Å². The molecule has 4 rings (SSSR count). The number of nitrogens with one attached hydrogen (secondary N) is 2. The third-order valence-corrected chi connectivity index (χ3v) is 5.62.